The van der Waals surface area contributed by atoms with Crippen LogP contribution in [0, 0.1) is 0 Å². The van der Waals surface area contributed by atoms with Crippen LogP contribution in [0.2, 0.25) is 0 Å². The smallest absolute Gasteiger partial charge is 0.264 e. The molecule has 0 bridgehead atoms. The number of carbonyl (C=O) groups is 1. The maximum absolute atomic E-state index is 11.5. The second kappa shape index (κ2) is 16.4. The molecule has 0 atom stereocenters. The predicted octanol–water partition coefficient (Wildman–Crippen LogP) is 10.9. The number of carbonyl (C=O) groups excluding carboxylic acids is 1. The first-order valence-corrected chi connectivity index (χ1v) is 21.1. The van der Waals surface area contributed by atoms with Crippen molar-refractivity contribution < 1.29 is 22.3 Å². The van der Waals surface area contributed by atoms with Crippen molar-refractivity contribution in [1.29, 1.82) is 0 Å². The van der Waals surface area contributed by atoms with Gasteiger partial charge in [-0.05, 0) is 91.8 Å². The molecule has 54 heavy (non-hydrogen) atoms. The number of fused-ring (bicyclic) bond motifs is 6. The van der Waals surface area contributed by atoms with Crippen molar-refractivity contribution >= 4 is 54.5 Å². The Bertz CT molecular complexity index is 2310. The van der Waals surface area contributed by atoms with Gasteiger partial charge in [-0.15, -0.1) is 0 Å². The van der Waals surface area contributed by atoms with Crippen LogP contribution in [0.1, 0.15) is 90.7 Å². The molecule has 7 heteroatoms. The van der Waals surface area contributed by atoms with Crippen LogP contribution in [0.5, 0.6) is 0 Å². The molecule has 0 unspecified atom stereocenters. The van der Waals surface area contributed by atoms with Crippen molar-refractivity contribution in [3.63, 3.8) is 0 Å². The van der Waals surface area contributed by atoms with E-state index >= 15 is 0 Å². The van der Waals surface area contributed by atoms with E-state index < -0.39 is 10.1 Å². The second-order valence-corrected chi connectivity index (χ2v) is 17.4. The molecule has 6 nitrogen and oxygen atoms in total. The lowest BCUT2D eigenvalue weighted by molar-refractivity contribution is -0.438. The number of hydrogen-bond acceptors (Lipinski definition) is 4. The van der Waals surface area contributed by atoms with Gasteiger partial charge in [0.1, 0.15) is 12.3 Å². The molecule has 282 valence electrons. The number of allylic oxidation sites excluding steroid dienone is 8. The summed E-state index contributed by atoms with van der Waals surface area (Å²) in [5.74, 6) is 0.0584. The normalized spacial score (nSPS) is 17.3. The lowest BCUT2D eigenvalue weighted by Crippen LogP contribution is -2.28. The molecule has 0 fully saturated rings. The van der Waals surface area contributed by atoms with Gasteiger partial charge in [0.2, 0.25) is 5.69 Å². The summed E-state index contributed by atoms with van der Waals surface area (Å²) >= 11 is 0. The minimum atomic E-state index is -3.95. The second-order valence-electron chi connectivity index (χ2n) is 15.8. The Kier molecular flexibility index (Phi) is 11.9. The zero-order chi connectivity index (χ0) is 38.5. The van der Waals surface area contributed by atoms with Gasteiger partial charge in [0.25, 0.3) is 10.1 Å². The van der Waals surface area contributed by atoms with Gasteiger partial charge in [0.05, 0.1) is 11.2 Å². The van der Waals surface area contributed by atoms with Crippen LogP contribution in [0.4, 0.5) is 11.4 Å². The average molecular weight is 744 g/mol. The molecule has 0 spiro atoms. The molecular weight excluding hydrogens is 689 g/mol. The van der Waals surface area contributed by atoms with Gasteiger partial charge in [0, 0.05) is 53.9 Å². The van der Waals surface area contributed by atoms with Crippen LogP contribution in [-0.4, -0.2) is 47.9 Å². The number of anilines is 1. The lowest BCUT2D eigenvalue weighted by Gasteiger charge is -2.27. The van der Waals surface area contributed by atoms with Gasteiger partial charge in [-0.25, -0.2) is 0 Å². The number of nitrogens with zero attached hydrogens (tertiary/aromatic N) is 2. The number of Topliss-reactive ketones (excluding diaryl/α,β-unsaturated/α-hetero) is 1. The van der Waals surface area contributed by atoms with Crippen molar-refractivity contribution in [3.05, 3.63) is 132 Å². The van der Waals surface area contributed by atoms with Gasteiger partial charge in [-0.2, -0.15) is 13.0 Å². The van der Waals surface area contributed by atoms with Gasteiger partial charge in [-0.1, -0.05) is 105 Å². The molecule has 0 aliphatic carbocycles. The van der Waals surface area contributed by atoms with Crippen LogP contribution in [0.25, 0.3) is 21.5 Å². The number of rotatable bonds is 16. The molecule has 0 aromatic heterocycles. The van der Waals surface area contributed by atoms with E-state index in [-0.39, 0.29) is 22.4 Å². The standard InChI is InChI=1S/C47H54N2O4S/c1-35(50)21-11-9-18-32-48-40-30-28-36-22-14-16-24-38(36)44(40)46(2,3)42(48)26-12-7-6-8-13-27-43-47(4,5)45-39-25-17-15-23-37(39)29-31-41(45)49(43)33-19-10-20-34-54(51,52)53/h6-8,12-17,22-31H,9-11,18-21,32-34H2,1-5H3/p+1. The molecular formula is C47H55N2O4S+. The molecule has 2 aliphatic rings. The van der Waals surface area contributed by atoms with E-state index in [0.29, 0.717) is 19.3 Å². The minimum Gasteiger partial charge on any atom is -0.344 e. The van der Waals surface area contributed by atoms with Crippen molar-refractivity contribution in [2.45, 2.75) is 90.4 Å². The molecule has 6 rings (SSSR count). The lowest BCUT2D eigenvalue weighted by atomic mass is 9.79. The van der Waals surface area contributed by atoms with Crippen LogP contribution >= 0.6 is 0 Å². The zero-order valence-corrected chi connectivity index (χ0v) is 33.3. The van der Waals surface area contributed by atoms with Gasteiger partial charge in [-0.3, -0.25) is 4.55 Å². The van der Waals surface area contributed by atoms with Crippen LogP contribution in [0.15, 0.2) is 121 Å². The average Bonchev–Trinajstić information content (AvgIpc) is 3.48. The molecule has 4 aromatic rings. The first kappa shape index (κ1) is 39.1. The van der Waals surface area contributed by atoms with Crippen LogP contribution < -0.4 is 4.90 Å². The zero-order valence-electron chi connectivity index (χ0n) is 32.5. The topological polar surface area (TPSA) is 77.7 Å². The molecule has 0 saturated heterocycles. The SMILES string of the molecule is CC(=O)CCCCC[N+]1=C(C=CC=CC=CC=C2N(CCCCCS(=O)(=O)O)c3ccc4ccccc4c3C2(C)C)C(C)(C)c2c1ccc1ccccc21. The Morgan fingerprint density at radius 2 is 1.35 bits per heavy atom. The first-order valence-electron chi connectivity index (χ1n) is 19.4. The Morgan fingerprint density at radius 1 is 0.722 bits per heavy atom. The molecule has 0 saturated carbocycles. The fourth-order valence-corrected chi connectivity index (χ4v) is 9.16. The molecule has 0 radical (unpaired) electrons. The van der Waals surface area contributed by atoms with E-state index in [9.17, 15) is 17.8 Å². The van der Waals surface area contributed by atoms with E-state index in [0.717, 1.165) is 38.8 Å². The third-order valence-corrected chi connectivity index (χ3v) is 12.0. The maximum atomic E-state index is 11.5. The monoisotopic (exact) mass is 743 g/mol. The quantitative estimate of drug-likeness (QED) is 0.0535. The van der Waals surface area contributed by atoms with Crippen LogP contribution in [-0.2, 0) is 25.7 Å². The molecule has 2 heterocycles. The molecule has 1 N–H and O–H groups in total. The fraction of sp³-hybridized carbons (Fsp3) is 0.362. The van der Waals surface area contributed by atoms with E-state index in [1.165, 1.54) is 55.5 Å². The highest BCUT2D eigenvalue weighted by atomic mass is 32.2. The van der Waals surface area contributed by atoms with E-state index in [4.69, 9.17) is 0 Å². The summed E-state index contributed by atoms with van der Waals surface area (Å²) in [5, 5.41) is 5.03. The van der Waals surface area contributed by atoms with Crippen LogP contribution in [0.3, 0.4) is 0 Å². The predicted molar refractivity (Wildman–Crippen MR) is 226 cm³/mol. The largest absolute Gasteiger partial charge is 0.344 e. The highest BCUT2D eigenvalue weighted by molar-refractivity contribution is 7.85. The van der Waals surface area contributed by atoms with Crippen molar-refractivity contribution in [2.24, 2.45) is 0 Å². The molecule has 4 aromatic carbocycles. The number of unbranched alkanes of at least 4 members (excludes halogenated alkanes) is 4. The summed E-state index contributed by atoms with van der Waals surface area (Å²) < 4.78 is 34.2. The van der Waals surface area contributed by atoms with Crippen molar-refractivity contribution in [1.82, 2.24) is 0 Å². The van der Waals surface area contributed by atoms with E-state index in [1.54, 1.807) is 6.92 Å². The summed E-state index contributed by atoms with van der Waals surface area (Å²) in [6.07, 6.45) is 20.6. The third-order valence-electron chi connectivity index (χ3n) is 11.2. The number of hydrogen-bond donors (Lipinski definition) is 1. The van der Waals surface area contributed by atoms with Gasteiger partial charge in [0.15, 0.2) is 5.71 Å². The number of benzene rings is 4. The Morgan fingerprint density at radius 3 is 2.06 bits per heavy atom. The van der Waals surface area contributed by atoms with Crippen molar-refractivity contribution in [2.75, 3.05) is 23.7 Å². The summed E-state index contributed by atoms with van der Waals surface area (Å²) in [6.45, 7) is 12.6. The van der Waals surface area contributed by atoms with Gasteiger partial charge < -0.3 is 9.69 Å². The molecule has 0 amide bonds. The highest BCUT2D eigenvalue weighted by Crippen LogP contribution is 2.51. The van der Waals surface area contributed by atoms with E-state index in [1.807, 2.05) is 0 Å². The minimum absolute atomic E-state index is 0.177. The van der Waals surface area contributed by atoms with E-state index in [2.05, 4.69) is 152 Å². The molecule has 2 aliphatic heterocycles. The number of ketones is 1. The van der Waals surface area contributed by atoms with Gasteiger partial charge >= 0.3 is 0 Å². The summed E-state index contributed by atoms with van der Waals surface area (Å²) in [7, 11) is -3.95. The fourth-order valence-electron chi connectivity index (χ4n) is 8.59. The Balaban J connectivity index is 1.23. The van der Waals surface area contributed by atoms with Crippen molar-refractivity contribution in [3.8, 4) is 0 Å². The Hall–Kier alpha value is -4.59. The summed E-state index contributed by atoms with van der Waals surface area (Å²) in [4.78, 5) is 13.9. The maximum Gasteiger partial charge on any atom is 0.264 e. The highest BCUT2D eigenvalue weighted by Gasteiger charge is 2.45. The summed E-state index contributed by atoms with van der Waals surface area (Å²) in [6, 6.07) is 26.1. The summed E-state index contributed by atoms with van der Waals surface area (Å²) in [5.41, 5.74) is 7.22. The third kappa shape index (κ3) is 8.38. The Labute approximate surface area is 322 Å². The first-order chi connectivity index (χ1) is 25.8.